The molecule has 23 heavy (non-hydrogen) atoms. The van der Waals surface area contributed by atoms with Gasteiger partial charge in [-0.1, -0.05) is 30.3 Å². The molecule has 0 bridgehead atoms. The van der Waals surface area contributed by atoms with Gasteiger partial charge in [0.1, 0.15) is 11.5 Å². The normalized spacial score (nSPS) is 10.5. The zero-order valence-electron chi connectivity index (χ0n) is 13.3. The lowest BCUT2D eigenvalue weighted by Gasteiger charge is -1.97. The summed E-state index contributed by atoms with van der Waals surface area (Å²) < 4.78 is 0. The molecule has 0 aliphatic rings. The number of benzene rings is 2. The fourth-order valence-corrected chi connectivity index (χ4v) is 1.63. The van der Waals surface area contributed by atoms with Crippen molar-refractivity contribution in [2.75, 3.05) is 13.1 Å². The summed E-state index contributed by atoms with van der Waals surface area (Å²) in [5, 5.41) is 19.1. The van der Waals surface area contributed by atoms with E-state index in [0.717, 1.165) is 0 Å². The molecule has 0 unspecified atom stereocenters. The van der Waals surface area contributed by atoms with E-state index in [9.17, 15) is 10.2 Å². The third-order valence-electron chi connectivity index (χ3n) is 2.69. The van der Waals surface area contributed by atoms with Gasteiger partial charge in [0.15, 0.2) is 0 Å². The zero-order valence-corrected chi connectivity index (χ0v) is 13.3. The molecule has 2 rings (SSSR count). The SMILES string of the molecule is C=CC.Oc1ccccc1/C=N/CC/N=C/c1ccccc1O. The van der Waals surface area contributed by atoms with E-state index in [2.05, 4.69) is 16.6 Å². The van der Waals surface area contributed by atoms with E-state index in [0.29, 0.717) is 24.2 Å². The standard InChI is InChI=1S/C16H16N2O2.C3H6/c19-15-7-3-1-5-13(15)11-17-9-10-18-12-14-6-2-4-8-16(14)20;1-3-2/h1-8,11-12,19-20H,9-10H2;3H,1H2,2H3/b17-11+,18-12+;. The highest BCUT2D eigenvalue weighted by Gasteiger charge is 1.95. The van der Waals surface area contributed by atoms with E-state index < -0.39 is 0 Å². The van der Waals surface area contributed by atoms with Crippen LogP contribution in [0.5, 0.6) is 11.5 Å². The molecule has 0 saturated carbocycles. The molecule has 2 aromatic rings. The number of allylic oxidation sites excluding steroid dienone is 1. The number of phenols is 2. The van der Waals surface area contributed by atoms with Gasteiger partial charge in [0.25, 0.3) is 0 Å². The van der Waals surface area contributed by atoms with Crippen LogP contribution in [0.3, 0.4) is 0 Å². The molecule has 2 N–H and O–H groups in total. The summed E-state index contributed by atoms with van der Waals surface area (Å²) in [5.41, 5.74) is 1.38. The van der Waals surface area contributed by atoms with Gasteiger partial charge in [0.05, 0.1) is 13.1 Å². The first kappa shape index (κ1) is 18.2. The smallest absolute Gasteiger partial charge is 0.124 e. The molecule has 120 valence electrons. The maximum Gasteiger partial charge on any atom is 0.124 e. The van der Waals surface area contributed by atoms with Crippen molar-refractivity contribution in [2.24, 2.45) is 9.98 Å². The van der Waals surface area contributed by atoms with E-state index in [1.54, 1.807) is 54.9 Å². The summed E-state index contributed by atoms with van der Waals surface area (Å²) in [5.74, 6) is 0.433. The minimum Gasteiger partial charge on any atom is -0.507 e. The Balaban J connectivity index is 0.000000816. The highest BCUT2D eigenvalue weighted by Crippen LogP contribution is 2.13. The summed E-state index contributed by atoms with van der Waals surface area (Å²) in [6.07, 6.45) is 5.01. The van der Waals surface area contributed by atoms with E-state index in [1.165, 1.54) is 0 Å². The van der Waals surface area contributed by atoms with Crippen LogP contribution in [0.25, 0.3) is 0 Å². The summed E-state index contributed by atoms with van der Waals surface area (Å²) in [4.78, 5) is 8.39. The molecule has 0 saturated heterocycles. The van der Waals surface area contributed by atoms with Gasteiger partial charge in [-0.05, 0) is 31.2 Å². The molecule has 2 aromatic carbocycles. The molecule has 0 radical (unpaired) electrons. The van der Waals surface area contributed by atoms with E-state index in [4.69, 9.17) is 0 Å². The van der Waals surface area contributed by atoms with Crippen molar-refractivity contribution in [3.05, 3.63) is 72.3 Å². The van der Waals surface area contributed by atoms with Gasteiger partial charge in [-0.2, -0.15) is 0 Å². The first-order chi connectivity index (χ1) is 11.2. The van der Waals surface area contributed by atoms with Crippen LogP contribution in [0.15, 0.2) is 71.2 Å². The second kappa shape index (κ2) is 10.8. The Kier molecular flexibility index (Phi) is 8.52. The van der Waals surface area contributed by atoms with Gasteiger partial charge in [-0.3, -0.25) is 9.98 Å². The number of nitrogens with zero attached hydrogens (tertiary/aromatic N) is 2. The quantitative estimate of drug-likeness (QED) is 0.501. The average Bonchev–Trinajstić information content (AvgIpc) is 2.55. The third-order valence-corrected chi connectivity index (χ3v) is 2.69. The van der Waals surface area contributed by atoms with Crippen molar-refractivity contribution in [2.45, 2.75) is 6.92 Å². The number of aromatic hydroxyl groups is 2. The minimum absolute atomic E-state index is 0.217. The van der Waals surface area contributed by atoms with Crippen molar-refractivity contribution in [1.29, 1.82) is 0 Å². The molecule has 4 nitrogen and oxygen atoms in total. The Hall–Kier alpha value is -2.88. The van der Waals surface area contributed by atoms with Crippen molar-refractivity contribution >= 4 is 12.4 Å². The van der Waals surface area contributed by atoms with E-state index in [1.807, 2.05) is 19.1 Å². The minimum atomic E-state index is 0.217. The predicted molar refractivity (Wildman–Crippen MR) is 97.0 cm³/mol. The van der Waals surface area contributed by atoms with Crippen molar-refractivity contribution in [3.8, 4) is 11.5 Å². The fourth-order valence-electron chi connectivity index (χ4n) is 1.63. The summed E-state index contributed by atoms with van der Waals surface area (Å²) in [6, 6.07) is 14.1. The lowest BCUT2D eigenvalue weighted by atomic mass is 10.2. The van der Waals surface area contributed by atoms with Crippen LogP contribution in [-0.4, -0.2) is 35.7 Å². The average molecular weight is 310 g/mol. The summed E-state index contributed by atoms with van der Waals surface area (Å²) in [6.45, 7) is 6.30. The van der Waals surface area contributed by atoms with Crippen LogP contribution in [0.1, 0.15) is 18.1 Å². The van der Waals surface area contributed by atoms with Gasteiger partial charge >= 0.3 is 0 Å². The molecule has 4 heteroatoms. The molecular weight excluding hydrogens is 288 g/mol. The lowest BCUT2D eigenvalue weighted by molar-refractivity contribution is 0.474. The number of hydrogen-bond acceptors (Lipinski definition) is 4. The Morgan fingerprint density at radius 3 is 1.52 bits per heavy atom. The third kappa shape index (κ3) is 7.09. The molecular formula is C19H22N2O2. The van der Waals surface area contributed by atoms with Gasteiger partial charge in [0.2, 0.25) is 0 Å². The van der Waals surface area contributed by atoms with Crippen LogP contribution < -0.4 is 0 Å². The number of rotatable bonds is 5. The molecule has 0 heterocycles. The molecule has 0 aromatic heterocycles. The predicted octanol–water partition coefficient (Wildman–Crippen LogP) is 3.83. The van der Waals surface area contributed by atoms with Crippen molar-refractivity contribution in [1.82, 2.24) is 0 Å². The Labute approximate surface area is 137 Å². The Morgan fingerprint density at radius 1 is 0.826 bits per heavy atom. The van der Waals surface area contributed by atoms with Crippen molar-refractivity contribution in [3.63, 3.8) is 0 Å². The molecule has 0 spiro atoms. The number of para-hydroxylation sites is 2. The molecule has 0 atom stereocenters. The van der Waals surface area contributed by atoms with Crippen LogP contribution in [0.2, 0.25) is 0 Å². The summed E-state index contributed by atoms with van der Waals surface area (Å²) in [7, 11) is 0. The Morgan fingerprint density at radius 2 is 1.17 bits per heavy atom. The van der Waals surface area contributed by atoms with Gasteiger partial charge < -0.3 is 10.2 Å². The molecule has 0 fully saturated rings. The topological polar surface area (TPSA) is 65.2 Å². The Bertz CT molecular complexity index is 608. The molecule has 0 aliphatic carbocycles. The highest BCUT2D eigenvalue weighted by atomic mass is 16.3. The van der Waals surface area contributed by atoms with E-state index >= 15 is 0 Å². The zero-order chi connectivity index (χ0) is 16.9. The van der Waals surface area contributed by atoms with Gasteiger partial charge in [0, 0.05) is 23.6 Å². The van der Waals surface area contributed by atoms with Crippen LogP contribution in [0, 0.1) is 0 Å². The monoisotopic (exact) mass is 310 g/mol. The number of aliphatic imine (C=N–C) groups is 2. The number of hydrogen-bond donors (Lipinski definition) is 2. The highest BCUT2D eigenvalue weighted by molar-refractivity contribution is 5.84. The number of phenolic OH excluding ortho intramolecular Hbond substituents is 2. The van der Waals surface area contributed by atoms with Crippen molar-refractivity contribution < 1.29 is 10.2 Å². The maximum atomic E-state index is 9.54. The van der Waals surface area contributed by atoms with Crippen LogP contribution in [0.4, 0.5) is 0 Å². The van der Waals surface area contributed by atoms with E-state index in [-0.39, 0.29) is 11.5 Å². The van der Waals surface area contributed by atoms with Crippen LogP contribution >= 0.6 is 0 Å². The molecule has 0 aliphatic heterocycles. The summed E-state index contributed by atoms with van der Waals surface area (Å²) >= 11 is 0. The lowest BCUT2D eigenvalue weighted by Crippen LogP contribution is -1.91. The van der Waals surface area contributed by atoms with Gasteiger partial charge in [-0.15, -0.1) is 6.58 Å². The second-order valence-electron chi connectivity index (χ2n) is 4.60. The largest absolute Gasteiger partial charge is 0.507 e. The fraction of sp³-hybridized carbons (Fsp3) is 0.158. The first-order valence-corrected chi connectivity index (χ1v) is 7.31. The maximum absolute atomic E-state index is 9.54. The second-order valence-corrected chi connectivity index (χ2v) is 4.60. The molecule has 0 amide bonds. The van der Waals surface area contributed by atoms with Crippen LogP contribution in [-0.2, 0) is 0 Å². The first-order valence-electron chi connectivity index (χ1n) is 7.31. The van der Waals surface area contributed by atoms with Gasteiger partial charge in [-0.25, -0.2) is 0 Å².